The van der Waals surface area contributed by atoms with Crippen LogP contribution in [0.15, 0.2) is 35.3 Å². The van der Waals surface area contributed by atoms with E-state index < -0.39 is 0 Å². The molecule has 1 aromatic heterocycles. The lowest BCUT2D eigenvalue weighted by molar-refractivity contribution is 0.419. The lowest BCUT2D eigenvalue weighted by atomic mass is 10.2. The SMILES string of the molecule is COc1cccc2sc(N=Cc3cc(Cl)cc(Cl)c3O)nc12. The Bertz CT molecular complexity index is 877. The molecule has 4 nitrogen and oxygen atoms in total. The highest BCUT2D eigenvalue weighted by molar-refractivity contribution is 7.22. The van der Waals surface area contributed by atoms with Crippen LogP contribution in [-0.2, 0) is 0 Å². The lowest BCUT2D eigenvalue weighted by Gasteiger charge is -2.01. The van der Waals surface area contributed by atoms with E-state index >= 15 is 0 Å². The molecule has 0 atom stereocenters. The molecule has 0 saturated heterocycles. The number of ether oxygens (including phenoxy) is 1. The van der Waals surface area contributed by atoms with Gasteiger partial charge in [0, 0.05) is 16.8 Å². The van der Waals surface area contributed by atoms with E-state index in [0.717, 1.165) is 10.2 Å². The Labute approximate surface area is 140 Å². The number of aliphatic imine (C=N–C) groups is 1. The second-order valence-electron chi connectivity index (χ2n) is 4.39. The number of phenolic OH excluding ortho intramolecular Hbond substituents is 1. The number of methoxy groups -OCH3 is 1. The Morgan fingerprint density at radius 1 is 1.32 bits per heavy atom. The van der Waals surface area contributed by atoms with Crippen LogP contribution in [0.3, 0.4) is 0 Å². The zero-order chi connectivity index (χ0) is 15.7. The van der Waals surface area contributed by atoms with Crippen LogP contribution >= 0.6 is 34.5 Å². The minimum atomic E-state index is -0.0616. The number of hydrogen-bond acceptors (Lipinski definition) is 5. The van der Waals surface area contributed by atoms with E-state index in [1.165, 1.54) is 23.6 Å². The summed E-state index contributed by atoms with van der Waals surface area (Å²) < 4.78 is 6.24. The van der Waals surface area contributed by atoms with E-state index in [-0.39, 0.29) is 10.8 Å². The second-order valence-corrected chi connectivity index (χ2v) is 6.24. The summed E-state index contributed by atoms with van der Waals surface area (Å²) in [5.74, 6) is 0.636. The summed E-state index contributed by atoms with van der Waals surface area (Å²) in [6.07, 6.45) is 1.48. The highest BCUT2D eigenvalue weighted by Gasteiger charge is 2.09. The third-order valence-corrected chi connectivity index (χ3v) is 4.40. The van der Waals surface area contributed by atoms with Gasteiger partial charge in [-0.15, -0.1) is 0 Å². The van der Waals surface area contributed by atoms with Crippen molar-refractivity contribution in [3.8, 4) is 11.5 Å². The van der Waals surface area contributed by atoms with E-state index in [9.17, 15) is 5.11 Å². The molecule has 0 bridgehead atoms. The topological polar surface area (TPSA) is 54.7 Å². The first-order valence-corrected chi connectivity index (χ1v) is 7.81. The Balaban J connectivity index is 2.00. The molecule has 0 aliphatic carbocycles. The van der Waals surface area contributed by atoms with Gasteiger partial charge in [0.1, 0.15) is 17.0 Å². The Hall–Kier alpha value is -1.82. The predicted molar refractivity (Wildman–Crippen MR) is 91.6 cm³/mol. The molecular formula is C15H10Cl2N2O2S. The van der Waals surface area contributed by atoms with Crippen molar-refractivity contribution in [3.05, 3.63) is 45.9 Å². The Morgan fingerprint density at radius 2 is 2.14 bits per heavy atom. The van der Waals surface area contributed by atoms with Gasteiger partial charge in [0.15, 0.2) is 0 Å². The summed E-state index contributed by atoms with van der Waals surface area (Å²) in [5.41, 5.74) is 1.19. The number of hydrogen-bond donors (Lipinski definition) is 1. The third-order valence-electron chi connectivity index (χ3n) is 2.96. The van der Waals surface area contributed by atoms with Crippen LogP contribution in [0, 0.1) is 0 Å². The van der Waals surface area contributed by atoms with Crippen molar-refractivity contribution in [2.24, 2.45) is 4.99 Å². The van der Waals surface area contributed by atoms with E-state index in [1.807, 2.05) is 18.2 Å². The molecule has 0 aliphatic rings. The molecule has 0 aliphatic heterocycles. The predicted octanol–water partition coefficient (Wildman–Crippen LogP) is 5.07. The van der Waals surface area contributed by atoms with Crippen LogP contribution in [0.25, 0.3) is 10.2 Å². The Kier molecular flexibility index (Phi) is 4.20. The van der Waals surface area contributed by atoms with Crippen molar-refractivity contribution < 1.29 is 9.84 Å². The summed E-state index contributed by atoms with van der Waals surface area (Å²) in [7, 11) is 1.60. The molecular weight excluding hydrogens is 343 g/mol. The first-order chi connectivity index (χ1) is 10.6. The first-order valence-electron chi connectivity index (χ1n) is 6.24. The molecule has 7 heteroatoms. The van der Waals surface area contributed by atoms with Gasteiger partial charge in [-0.1, -0.05) is 40.6 Å². The fraction of sp³-hybridized carbons (Fsp3) is 0.0667. The van der Waals surface area contributed by atoms with Gasteiger partial charge in [-0.25, -0.2) is 9.98 Å². The molecule has 3 rings (SSSR count). The minimum absolute atomic E-state index is 0.0616. The maximum Gasteiger partial charge on any atom is 0.210 e. The van der Waals surface area contributed by atoms with Crippen molar-refractivity contribution >= 4 is 56.1 Å². The number of thiazole rings is 1. The smallest absolute Gasteiger partial charge is 0.210 e. The van der Waals surface area contributed by atoms with E-state index in [4.69, 9.17) is 27.9 Å². The van der Waals surface area contributed by atoms with Crippen molar-refractivity contribution in [1.82, 2.24) is 4.98 Å². The number of fused-ring (bicyclic) bond motifs is 1. The average Bonchev–Trinajstić information content (AvgIpc) is 2.92. The summed E-state index contributed by atoms with van der Waals surface area (Å²) >= 11 is 13.2. The monoisotopic (exact) mass is 352 g/mol. The van der Waals surface area contributed by atoms with E-state index in [2.05, 4.69) is 9.98 Å². The molecule has 0 unspecified atom stereocenters. The highest BCUT2D eigenvalue weighted by Crippen LogP contribution is 2.34. The Morgan fingerprint density at radius 3 is 2.91 bits per heavy atom. The number of halogens is 2. The van der Waals surface area contributed by atoms with Crippen molar-refractivity contribution in [2.75, 3.05) is 7.11 Å². The second kappa shape index (κ2) is 6.12. The molecule has 3 aromatic rings. The molecule has 0 spiro atoms. The summed E-state index contributed by atoms with van der Waals surface area (Å²) in [4.78, 5) is 8.70. The standard InChI is InChI=1S/C15H10Cl2N2O2S/c1-21-11-3-2-4-12-13(11)19-15(22-12)18-7-8-5-9(16)6-10(17)14(8)20/h2-7,20H,1H3. The van der Waals surface area contributed by atoms with Crippen LogP contribution in [0.2, 0.25) is 10.0 Å². The summed E-state index contributed by atoms with van der Waals surface area (Å²) in [6.45, 7) is 0. The van der Waals surface area contributed by atoms with Crippen molar-refractivity contribution in [3.63, 3.8) is 0 Å². The lowest BCUT2D eigenvalue weighted by Crippen LogP contribution is -1.84. The number of benzene rings is 2. The molecule has 1 heterocycles. The molecule has 0 amide bonds. The normalized spacial score (nSPS) is 11.4. The maximum absolute atomic E-state index is 9.90. The van der Waals surface area contributed by atoms with Crippen molar-refractivity contribution in [2.45, 2.75) is 0 Å². The quantitative estimate of drug-likeness (QED) is 0.669. The fourth-order valence-corrected chi connectivity index (χ4v) is 3.28. The number of aromatic nitrogens is 1. The first kappa shape index (κ1) is 15.1. The molecule has 0 radical (unpaired) electrons. The maximum atomic E-state index is 9.90. The molecule has 112 valence electrons. The van der Waals surface area contributed by atoms with Crippen LogP contribution in [0.5, 0.6) is 11.5 Å². The molecule has 0 saturated carbocycles. The van der Waals surface area contributed by atoms with Crippen molar-refractivity contribution in [1.29, 1.82) is 0 Å². The minimum Gasteiger partial charge on any atom is -0.506 e. The number of para-hydroxylation sites is 1. The van der Waals surface area contributed by atoms with Crippen LogP contribution in [-0.4, -0.2) is 23.4 Å². The summed E-state index contributed by atoms with van der Waals surface area (Å²) in [6, 6.07) is 8.74. The van der Waals surface area contributed by atoms with E-state index in [1.54, 1.807) is 13.2 Å². The number of phenols is 1. The highest BCUT2D eigenvalue weighted by atomic mass is 35.5. The zero-order valence-electron chi connectivity index (χ0n) is 11.4. The van der Waals surface area contributed by atoms with Crippen LogP contribution < -0.4 is 4.74 Å². The van der Waals surface area contributed by atoms with Crippen LogP contribution in [0.1, 0.15) is 5.56 Å². The van der Waals surface area contributed by atoms with Gasteiger partial charge in [0.2, 0.25) is 5.13 Å². The number of rotatable bonds is 3. The fourth-order valence-electron chi connectivity index (χ4n) is 1.94. The number of aromatic hydroxyl groups is 1. The molecule has 2 aromatic carbocycles. The van der Waals surface area contributed by atoms with Gasteiger partial charge in [0.05, 0.1) is 16.8 Å². The third kappa shape index (κ3) is 2.88. The average molecular weight is 353 g/mol. The molecule has 0 fully saturated rings. The zero-order valence-corrected chi connectivity index (χ0v) is 13.7. The largest absolute Gasteiger partial charge is 0.506 e. The van der Waals surface area contributed by atoms with Gasteiger partial charge < -0.3 is 9.84 Å². The summed E-state index contributed by atoms with van der Waals surface area (Å²) in [5, 5.41) is 11.1. The van der Waals surface area contributed by atoms with Gasteiger partial charge >= 0.3 is 0 Å². The number of nitrogens with zero attached hydrogens (tertiary/aromatic N) is 2. The van der Waals surface area contributed by atoms with Gasteiger partial charge in [-0.3, -0.25) is 0 Å². The van der Waals surface area contributed by atoms with E-state index in [0.29, 0.717) is 21.5 Å². The van der Waals surface area contributed by atoms with Gasteiger partial charge in [-0.05, 0) is 24.3 Å². The molecule has 22 heavy (non-hydrogen) atoms. The van der Waals surface area contributed by atoms with Gasteiger partial charge in [0.25, 0.3) is 0 Å². The van der Waals surface area contributed by atoms with Gasteiger partial charge in [-0.2, -0.15) is 0 Å². The van der Waals surface area contributed by atoms with Crippen LogP contribution in [0.4, 0.5) is 5.13 Å². The molecule has 1 N–H and O–H groups in total.